The molecule has 2 aromatic rings. The van der Waals surface area contributed by atoms with Gasteiger partial charge in [-0.2, -0.15) is 0 Å². The van der Waals surface area contributed by atoms with Crippen LogP contribution in [0.2, 0.25) is 0 Å². The molecule has 0 saturated heterocycles. The molecule has 6 nitrogen and oxygen atoms in total. The number of H-pyrrole nitrogens is 1. The van der Waals surface area contributed by atoms with Gasteiger partial charge in [0.1, 0.15) is 0 Å². The molecular formula is C14H15F2N3O3S. The van der Waals surface area contributed by atoms with Gasteiger partial charge in [-0.3, -0.25) is 9.36 Å². The summed E-state index contributed by atoms with van der Waals surface area (Å²) < 4.78 is 32.3. The Kier molecular flexibility index (Phi) is 6.05. The zero-order valence-corrected chi connectivity index (χ0v) is 13.2. The van der Waals surface area contributed by atoms with E-state index in [1.807, 2.05) is 0 Å². The first-order chi connectivity index (χ1) is 11.0. The lowest BCUT2D eigenvalue weighted by molar-refractivity contribution is 0.102. The van der Waals surface area contributed by atoms with E-state index in [9.17, 15) is 18.4 Å². The number of benzene rings is 1. The Morgan fingerprint density at radius 2 is 2.17 bits per heavy atom. The van der Waals surface area contributed by atoms with Crippen LogP contribution in [0.5, 0.6) is 0 Å². The Hall–Kier alpha value is -2.00. The van der Waals surface area contributed by atoms with Crippen molar-refractivity contribution in [1.29, 1.82) is 0 Å². The summed E-state index contributed by atoms with van der Waals surface area (Å²) in [5.41, 5.74) is -0.302. The molecule has 1 heterocycles. The van der Waals surface area contributed by atoms with Gasteiger partial charge in [0, 0.05) is 25.8 Å². The van der Waals surface area contributed by atoms with Crippen LogP contribution >= 0.6 is 11.8 Å². The number of thioether (sulfide) groups is 1. The van der Waals surface area contributed by atoms with E-state index in [4.69, 9.17) is 4.74 Å². The van der Waals surface area contributed by atoms with Gasteiger partial charge in [0.05, 0.1) is 5.75 Å². The van der Waals surface area contributed by atoms with Crippen LogP contribution in [0, 0.1) is 11.6 Å². The quantitative estimate of drug-likeness (QED) is 0.450. The topological polar surface area (TPSA) is 77.0 Å². The van der Waals surface area contributed by atoms with Gasteiger partial charge >= 0.3 is 5.69 Å². The van der Waals surface area contributed by atoms with E-state index in [1.54, 1.807) is 7.11 Å². The number of nitrogens with one attached hydrogen (secondary N) is 1. The molecule has 1 aromatic heterocycles. The second kappa shape index (κ2) is 8.02. The van der Waals surface area contributed by atoms with E-state index in [0.29, 0.717) is 24.7 Å². The summed E-state index contributed by atoms with van der Waals surface area (Å²) >= 11 is 1.05. The number of nitrogens with zero attached hydrogens (tertiary/aromatic N) is 2. The van der Waals surface area contributed by atoms with Crippen molar-refractivity contribution in [2.45, 2.75) is 18.1 Å². The fourth-order valence-electron chi connectivity index (χ4n) is 1.86. The summed E-state index contributed by atoms with van der Waals surface area (Å²) in [6.07, 6.45) is 0.626. The fraction of sp³-hybridized carbons (Fsp3) is 0.357. The van der Waals surface area contributed by atoms with Gasteiger partial charge in [0.15, 0.2) is 22.6 Å². The molecule has 0 spiro atoms. The number of hydrogen-bond acceptors (Lipinski definition) is 5. The number of hydrogen-bond donors (Lipinski definition) is 1. The van der Waals surface area contributed by atoms with E-state index >= 15 is 0 Å². The molecule has 0 amide bonds. The monoisotopic (exact) mass is 343 g/mol. The van der Waals surface area contributed by atoms with E-state index in [2.05, 4.69) is 10.2 Å². The molecule has 23 heavy (non-hydrogen) atoms. The first-order valence-corrected chi connectivity index (χ1v) is 7.76. The van der Waals surface area contributed by atoms with E-state index < -0.39 is 11.6 Å². The Balaban J connectivity index is 2.01. The number of rotatable bonds is 8. The van der Waals surface area contributed by atoms with Crippen molar-refractivity contribution in [3.05, 3.63) is 45.9 Å². The van der Waals surface area contributed by atoms with Crippen LogP contribution in [0.25, 0.3) is 0 Å². The summed E-state index contributed by atoms with van der Waals surface area (Å²) in [7, 11) is 1.56. The third kappa shape index (κ3) is 4.49. The Morgan fingerprint density at radius 3 is 2.87 bits per heavy atom. The first kappa shape index (κ1) is 17.4. The van der Waals surface area contributed by atoms with Crippen LogP contribution in [0.4, 0.5) is 8.78 Å². The van der Waals surface area contributed by atoms with Crippen molar-refractivity contribution in [3.8, 4) is 0 Å². The maximum Gasteiger partial charge on any atom is 0.343 e. The average molecular weight is 343 g/mol. The number of halogens is 2. The summed E-state index contributed by atoms with van der Waals surface area (Å²) in [5, 5.41) is 6.54. The summed E-state index contributed by atoms with van der Waals surface area (Å²) in [6, 6.07) is 2.98. The highest BCUT2D eigenvalue weighted by Gasteiger charge is 2.14. The molecule has 9 heteroatoms. The molecule has 0 bridgehead atoms. The largest absolute Gasteiger partial charge is 0.385 e. The van der Waals surface area contributed by atoms with Gasteiger partial charge < -0.3 is 4.74 Å². The maximum atomic E-state index is 13.1. The van der Waals surface area contributed by atoms with Gasteiger partial charge in [-0.1, -0.05) is 11.8 Å². The molecule has 2 rings (SSSR count). The van der Waals surface area contributed by atoms with Crippen molar-refractivity contribution >= 4 is 17.5 Å². The van der Waals surface area contributed by atoms with Gasteiger partial charge in [0.2, 0.25) is 0 Å². The smallest absolute Gasteiger partial charge is 0.343 e. The van der Waals surface area contributed by atoms with Crippen LogP contribution in [0.15, 0.2) is 28.2 Å². The van der Waals surface area contributed by atoms with Crippen LogP contribution in [-0.4, -0.2) is 40.0 Å². The number of carbonyl (C=O) groups is 1. The predicted octanol–water partition coefficient (Wildman–Crippen LogP) is 1.86. The van der Waals surface area contributed by atoms with Gasteiger partial charge in [-0.15, -0.1) is 5.10 Å². The molecule has 1 aromatic carbocycles. The molecule has 124 valence electrons. The van der Waals surface area contributed by atoms with Gasteiger partial charge in [-0.25, -0.2) is 18.7 Å². The number of ketones is 1. The molecule has 0 aliphatic heterocycles. The molecule has 0 aliphatic rings. The molecule has 1 N–H and O–H groups in total. The Bertz CT molecular complexity index is 745. The van der Waals surface area contributed by atoms with Crippen LogP contribution in [0.3, 0.4) is 0 Å². The number of methoxy groups -OCH3 is 1. The fourth-order valence-corrected chi connectivity index (χ4v) is 2.73. The van der Waals surface area contributed by atoms with Crippen LogP contribution < -0.4 is 5.69 Å². The SMILES string of the molecule is COCCCn1c(SCC(=O)c2ccc(F)c(F)c2)n[nH]c1=O. The number of aromatic nitrogens is 3. The highest BCUT2D eigenvalue weighted by molar-refractivity contribution is 7.99. The van der Waals surface area contributed by atoms with Crippen molar-refractivity contribution in [3.63, 3.8) is 0 Å². The minimum absolute atomic E-state index is 0.0420. The van der Waals surface area contributed by atoms with E-state index in [-0.39, 0.29) is 22.8 Å². The normalized spacial score (nSPS) is 10.9. The second-order valence-corrected chi connectivity index (χ2v) is 5.59. The highest BCUT2D eigenvalue weighted by atomic mass is 32.2. The maximum absolute atomic E-state index is 13.1. The zero-order valence-electron chi connectivity index (χ0n) is 12.3. The summed E-state index contributed by atoms with van der Waals surface area (Å²) in [4.78, 5) is 23.7. The van der Waals surface area contributed by atoms with E-state index in [1.165, 1.54) is 10.6 Å². The Labute approximate surface area is 134 Å². The molecule has 0 aliphatic carbocycles. The van der Waals surface area contributed by atoms with Crippen molar-refractivity contribution in [2.75, 3.05) is 19.5 Å². The predicted molar refractivity (Wildman–Crippen MR) is 80.8 cm³/mol. The Morgan fingerprint density at radius 1 is 1.39 bits per heavy atom. The van der Waals surface area contributed by atoms with Crippen molar-refractivity contribution in [1.82, 2.24) is 14.8 Å². The second-order valence-electron chi connectivity index (χ2n) is 4.65. The van der Waals surface area contributed by atoms with Crippen molar-refractivity contribution in [2.24, 2.45) is 0 Å². The molecule has 0 fully saturated rings. The number of carbonyl (C=O) groups excluding carboxylic acids is 1. The van der Waals surface area contributed by atoms with Crippen LogP contribution in [0.1, 0.15) is 16.8 Å². The third-order valence-corrected chi connectivity index (χ3v) is 4.00. The molecule has 0 unspecified atom stereocenters. The molecule has 0 radical (unpaired) electrons. The lowest BCUT2D eigenvalue weighted by Crippen LogP contribution is -2.18. The standard InChI is InChI=1S/C14H15F2N3O3S/c1-22-6-2-5-19-13(21)17-18-14(19)23-8-12(20)9-3-4-10(15)11(16)7-9/h3-4,7H,2,5-6,8H2,1H3,(H,17,21). The average Bonchev–Trinajstić information content (AvgIpc) is 2.88. The van der Waals surface area contributed by atoms with Gasteiger partial charge in [-0.05, 0) is 24.6 Å². The molecule has 0 atom stereocenters. The molecular weight excluding hydrogens is 328 g/mol. The minimum atomic E-state index is -1.07. The lowest BCUT2D eigenvalue weighted by atomic mass is 10.1. The number of Topliss-reactive ketones (excluding diaryl/α,β-unsaturated/α-hetero) is 1. The number of aromatic amines is 1. The third-order valence-electron chi connectivity index (χ3n) is 3.03. The minimum Gasteiger partial charge on any atom is -0.385 e. The number of ether oxygens (including phenoxy) is 1. The first-order valence-electron chi connectivity index (χ1n) is 6.78. The van der Waals surface area contributed by atoms with Gasteiger partial charge in [0.25, 0.3) is 0 Å². The molecule has 0 saturated carbocycles. The van der Waals surface area contributed by atoms with Crippen LogP contribution in [-0.2, 0) is 11.3 Å². The zero-order chi connectivity index (χ0) is 16.8. The highest BCUT2D eigenvalue weighted by Crippen LogP contribution is 2.17. The van der Waals surface area contributed by atoms with Crippen molar-refractivity contribution < 1.29 is 18.3 Å². The van der Waals surface area contributed by atoms with E-state index in [0.717, 1.165) is 23.9 Å². The summed E-state index contributed by atoms with van der Waals surface area (Å²) in [5.74, 6) is -2.50. The summed E-state index contributed by atoms with van der Waals surface area (Å²) in [6.45, 7) is 0.903. The lowest BCUT2D eigenvalue weighted by Gasteiger charge is -2.05.